The van der Waals surface area contributed by atoms with Crippen LogP contribution in [0.25, 0.3) is 0 Å². The molecule has 0 bridgehead atoms. The molecule has 4 nitrogen and oxygen atoms in total. The molecule has 1 aromatic rings. The number of aromatic nitrogens is 2. The summed E-state index contributed by atoms with van der Waals surface area (Å²) in [7, 11) is 0. The highest BCUT2D eigenvalue weighted by atomic mass is 16.2. The van der Waals surface area contributed by atoms with Crippen LogP contribution in [-0.4, -0.2) is 33.9 Å². The Morgan fingerprint density at radius 1 is 1.53 bits per heavy atom. The number of amides is 1. The molecule has 1 atom stereocenters. The molecule has 0 radical (unpaired) electrons. The lowest BCUT2D eigenvalue weighted by atomic mass is 9.94. The minimum absolute atomic E-state index is 0.0825. The Hall–Kier alpha value is -1.45. The number of likely N-dealkylation sites (tertiary alicyclic amines) is 1. The van der Waals surface area contributed by atoms with Crippen molar-refractivity contribution in [3.05, 3.63) is 24.3 Å². The molecule has 1 amide bonds. The Balaban J connectivity index is 2.05. The monoisotopic (exact) mass is 233 g/mol. The second kappa shape index (κ2) is 5.25. The van der Waals surface area contributed by atoms with E-state index < -0.39 is 0 Å². The van der Waals surface area contributed by atoms with Gasteiger partial charge in [0.05, 0.1) is 0 Å². The summed E-state index contributed by atoms with van der Waals surface area (Å²) in [4.78, 5) is 22.2. The molecule has 4 heteroatoms. The molecule has 0 N–H and O–H groups in total. The number of carbonyl (C=O) groups is 1. The molecule has 1 aromatic heterocycles. The maximum atomic E-state index is 12.0. The minimum Gasteiger partial charge on any atom is -0.342 e. The zero-order valence-corrected chi connectivity index (χ0v) is 10.5. The Labute approximate surface area is 102 Å². The molecule has 1 aliphatic rings. The Kier molecular flexibility index (Phi) is 3.71. The molecule has 2 rings (SSSR count). The molecular formula is C13H19N3O. The van der Waals surface area contributed by atoms with E-state index in [1.807, 2.05) is 24.8 Å². The third kappa shape index (κ3) is 2.81. The van der Waals surface area contributed by atoms with E-state index in [4.69, 9.17) is 0 Å². The van der Waals surface area contributed by atoms with E-state index in [-0.39, 0.29) is 11.8 Å². The predicted molar refractivity (Wildman–Crippen MR) is 65.4 cm³/mol. The van der Waals surface area contributed by atoms with E-state index >= 15 is 0 Å². The second-order valence-electron chi connectivity index (χ2n) is 4.91. The first-order valence-corrected chi connectivity index (χ1v) is 6.23. The lowest BCUT2D eigenvalue weighted by Gasteiger charge is -2.33. The first kappa shape index (κ1) is 12.0. The molecular weight excluding hydrogens is 214 g/mol. The van der Waals surface area contributed by atoms with Crippen LogP contribution in [0.2, 0.25) is 0 Å². The molecule has 0 aromatic carbocycles. The van der Waals surface area contributed by atoms with Crippen LogP contribution < -0.4 is 0 Å². The van der Waals surface area contributed by atoms with Gasteiger partial charge in [-0.15, -0.1) is 0 Å². The molecule has 1 fully saturated rings. The van der Waals surface area contributed by atoms with Crippen molar-refractivity contribution in [2.24, 2.45) is 5.92 Å². The van der Waals surface area contributed by atoms with Crippen molar-refractivity contribution in [2.45, 2.75) is 32.6 Å². The van der Waals surface area contributed by atoms with Crippen LogP contribution in [0.15, 0.2) is 18.6 Å². The van der Waals surface area contributed by atoms with Crippen LogP contribution in [0.4, 0.5) is 0 Å². The highest BCUT2D eigenvalue weighted by Gasteiger charge is 2.26. The molecule has 2 heterocycles. The van der Waals surface area contributed by atoms with Crippen LogP contribution in [-0.2, 0) is 4.79 Å². The minimum atomic E-state index is 0.0825. The fraction of sp³-hybridized carbons (Fsp3) is 0.615. The fourth-order valence-electron chi connectivity index (χ4n) is 2.33. The van der Waals surface area contributed by atoms with Gasteiger partial charge in [0.15, 0.2) is 0 Å². The van der Waals surface area contributed by atoms with Crippen LogP contribution in [0.3, 0.4) is 0 Å². The maximum absolute atomic E-state index is 12.0. The zero-order valence-electron chi connectivity index (χ0n) is 10.5. The van der Waals surface area contributed by atoms with Gasteiger partial charge < -0.3 is 4.90 Å². The van der Waals surface area contributed by atoms with Gasteiger partial charge in [0.1, 0.15) is 6.33 Å². The normalized spacial score (nSPS) is 20.6. The fourth-order valence-corrected chi connectivity index (χ4v) is 2.33. The van der Waals surface area contributed by atoms with E-state index in [2.05, 4.69) is 9.97 Å². The van der Waals surface area contributed by atoms with Crippen molar-refractivity contribution in [2.75, 3.05) is 13.1 Å². The van der Waals surface area contributed by atoms with Gasteiger partial charge in [-0.25, -0.2) is 9.97 Å². The van der Waals surface area contributed by atoms with Crippen molar-refractivity contribution in [1.29, 1.82) is 0 Å². The Morgan fingerprint density at radius 2 is 2.35 bits per heavy atom. The van der Waals surface area contributed by atoms with E-state index in [0.717, 1.165) is 31.6 Å². The van der Waals surface area contributed by atoms with Crippen molar-refractivity contribution in [3.8, 4) is 0 Å². The van der Waals surface area contributed by atoms with Gasteiger partial charge in [-0.3, -0.25) is 4.79 Å². The van der Waals surface area contributed by atoms with E-state index in [1.165, 1.54) is 0 Å². The van der Waals surface area contributed by atoms with Crippen molar-refractivity contribution in [1.82, 2.24) is 14.9 Å². The number of carbonyl (C=O) groups excluding carboxylic acids is 1. The van der Waals surface area contributed by atoms with E-state index in [0.29, 0.717) is 5.92 Å². The largest absolute Gasteiger partial charge is 0.342 e. The summed E-state index contributed by atoms with van der Waals surface area (Å²) in [6.45, 7) is 5.60. The molecule has 17 heavy (non-hydrogen) atoms. The summed E-state index contributed by atoms with van der Waals surface area (Å²) in [5.74, 6) is 0.706. The maximum Gasteiger partial charge on any atom is 0.225 e. The van der Waals surface area contributed by atoms with Gasteiger partial charge in [0, 0.05) is 36.8 Å². The van der Waals surface area contributed by atoms with Crippen molar-refractivity contribution >= 4 is 5.91 Å². The quantitative estimate of drug-likeness (QED) is 0.783. The number of hydrogen-bond acceptors (Lipinski definition) is 3. The zero-order chi connectivity index (χ0) is 12.3. The SMILES string of the molecule is CC(C)C(=O)N1CCC[C@@H](c2ccncn2)C1. The molecule has 1 saturated heterocycles. The van der Waals surface area contributed by atoms with Crippen molar-refractivity contribution in [3.63, 3.8) is 0 Å². The van der Waals surface area contributed by atoms with E-state index in [9.17, 15) is 4.79 Å². The molecule has 0 unspecified atom stereocenters. The lowest BCUT2D eigenvalue weighted by molar-refractivity contribution is -0.135. The van der Waals surface area contributed by atoms with E-state index in [1.54, 1.807) is 12.5 Å². The average Bonchev–Trinajstić information content (AvgIpc) is 2.39. The average molecular weight is 233 g/mol. The topological polar surface area (TPSA) is 46.1 Å². The summed E-state index contributed by atoms with van der Waals surface area (Å²) in [6, 6.07) is 1.95. The molecule has 0 saturated carbocycles. The van der Waals surface area contributed by atoms with Crippen LogP contribution in [0.1, 0.15) is 38.3 Å². The summed E-state index contributed by atoms with van der Waals surface area (Å²) in [5, 5.41) is 0. The van der Waals surface area contributed by atoms with Gasteiger partial charge in [-0.2, -0.15) is 0 Å². The van der Waals surface area contributed by atoms with Crippen molar-refractivity contribution < 1.29 is 4.79 Å². The highest BCUT2D eigenvalue weighted by molar-refractivity contribution is 5.78. The summed E-state index contributed by atoms with van der Waals surface area (Å²) < 4.78 is 0. The highest BCUT2D eigenvalue weighted by Crippen LogP contribution is 2.25. The van der Waals surface area contributed by atoms with Gasteiger partial charge in [-0.05, 0) is 18.9 Å². The predicted octanol–water partition coefficient (Wildman–Crippen LogP) is 1.84. The first-order valence-electron chi connectivity index (χ1n) is 6.23. The van der Waals surface area contributed by atoms with Crippen LogP contribution in [0.5, 0.6) is 0 Å². The second-order valence-corrected chi connectivity index (χ2v) is 4.91. The lowest BCUT2D eigenvalue weighted by Crippen LogP contribution is -2.41. The molecule has 1 aliphatic heterocycles. The third-order valence-corrected chi connectivity index (χ3v) is 3.25. The van der Waals surface area contributed by atoms with Crippen LogP contribution in [0, 0.1) is 5.92 Å². The molecule has 0 aliphatic carbocycles. The summed E-state index contributed by atoms with van der Waals surface area (Å²) in [6.07, 6.45) is 5.52. The Morgan fingerprint density at radius 3 is 3.00 bits per heavy atom. The molecule has 0 spiro atoms. The van der Waals surface area contributed by atoms with Gasteiger partial charge in [0.2, 0.25) is 5.91 Å². The summed E-state index contributed by atoms with van der Waals surface area (Å²) in [5.41, 5.74) is 1.06. The van der Waals surface area contributed by atoms with Gasteiger partial charge in [0.25, 0.3) is 0 Å². The van der Waals surface area contributed by atoms with Gasteiger partial charge in [-0.1, -0.05) is 13.8 Å². The number of nitrogens with zero attached hydrogens (tertiary/aromatic N) is 3. The number of piperidine rings is 1. The molecule has 92 valence electrons. The standard InChI is InChI=1S/C13H19N3O/c1-10(2)13(17)16-7-3-4-11(8-16)12-5-6-14-9-15-12/h5-6,9-11H,3-4,7-8H2,1-2H3/t11-/m1/s1. The number of rotatable bonds is 2. The van der Waals surface area contributed by atoms with Crippen LogP contribution >= 0.6 is 0 Å². The summed E-state index contributed by atoms with van der Waals surface area (Å²) >= 11 is 0. The smallest absolute Gasteiger partial charge is 0.225 e. The first-order chi connectivity index (χ1) is 8.18. The third-order valence-electron chi connectivity index (χ3n) is 3.25. The Bertz CT molecular complexity index is 378. The van der Waals surface area contributed by atoms with Gasteiger partial charge >= 0.3 is 0 Å². The number of hydrogen-bond donors (Lipinski definition) is 0.